The highest BCUT2D eigenvalue weighted by Gasteiger charge is 2.51. The Bertz CT molecular complexity index is 755. The van der Waals surface area contributed by atoms with Gasteiger partial charge in [-0.2, -0.15) is 0 Å². The summed E-state index contributed by atoms with van der Waals surface area (Å²) >= 11 is 6.07. The van der Waals surface area contributed by atoms with Gasteiger partial charge < -0.3 is 14.4 Å². The Morgan fingerprint density at radius 2 is 1.93 bits per heavy atom. The van der Waals surface area contributed by atoms with E-state index in [4.69, 9.17) is 21.1 Å². The molecule has 7 heteroatoms. The third-order valence-corrected chi connectivity index (χ3v) is 6.73. The van der Waals surface area contributed by atoms with Crippen molar-refractivity contribution in [2.75, 3.05) is 45.9 Å². The van der Waals surface area contributed by atoms with Gasteiger partial charge in [0, 0.05) is 49.7 Å². The van der Waals surface area contributed by atoms with Crippen LogP contribution >= 0.6 is 11.6 Å². The van der Waals surface area contributed by atoms with Crippen molar-refractivity contribution in [2.24, 2.45) is 5.41 Å². The number of carbonyl (C=O) groups is 2. The zero-order valence-electron chi connectivity index (χ0n) is 16.3. The number of hydrogen-bond acceptors (Lipinski definition) is 5. The van der Waals surface area contributed by atoms with E-state index in [1.807, 2.05) is 17.9 Å². The summed E-state index contributed by atoms with van der Waals surface area (Å²) in [7, 11) is 0. The van der Waals surface area contributed by atoms with Crippen LogP contribution in [0.15, 0.2) is 18.2 Å². The van der Waals surface area contributed by atoms with E-state index in [1.54, 1.807) is 12.1 Å². The van der Waals surface area contributed by atoms with Gasteiger partial charge in [-0.15, -0.1) is 0 Å². The first-order chi connectivity index (χ1) is 13.5. The van der Waals surface area contributed by atoms with Gasteiger partial charge in [-0.1, -0.05) is 11.6 Å². The number of morpholine rings is 1. The predicted molar refractivity (Wildman–Crippen MR) is 106 cm³/mol. The summed E-state index contributed by atoms with van der Waals surface area (Å²) in [4.78, 5) is 29.6. The molecule has 6 nitrogen and oxygen atoms in total. The Morgan fingerprint density at radius 3 is 2.61 bits per heavy atom. The smallest absolute Gasteiger partial charge is 0.312 e. The minimum absolute atomic E-state index is 0.00541. The molecular formula is C21H27ClN2O4. The van der Waals surface area contributed by atoms with Crippen molar-refractivity contribution in [3.8, 4) is 0 Å². The third kappa shape index (κ3) is 3.91. The molecule has 0 saturated carbocycles. The number of amides is 1. The zero-order valence-corrected chi connectivity index (χ0v) is 17.0. The second-order valence-electron chi connectivity index (χ2n) is 8.18. The van der Waals surface area contributed by atoms with Gasteiger partial charge in [0.1, 0.15) is 6.10 Å². The van der Waals surface area contributed by atoms with E-state index in [9.17, 15) is 9.59 Å². The molecule has 4 rings (SSSR count). The minimum atomic E-state index is -0.427. The molecule has 1 amide bonds. The summed E-state index contributed by atoms with van der Waals surface area (Å²) < 4.78 is 11.1. The highest BCUT2D eigenvalue weighted by molar-refractivity contribution is 6.31. The lowest BCUT2D eigenvalue weighted by atomic mass is 9.76. The second kappa shape index (κ2) is 8.01. The van der Waals surface area contributed by atoms with Gasteiger partial charge in [-0.3, -0.25) is 14.5 Å². The summed E-state index contributed by atoms with van der Waals surface area (Å²) in [5.41, 5.74) is 1.12. The van der Waals surface area contributed by atoms with Crippen LogP contribution in [0.3, 0.4) is 0 Å². The number of nitrogens with zero attached hydrogens (tertiary/aromatic N) is 2. The summed E-state index contributed by atoms with van der Waals surface area (Å²) in [5.74, 6) is -0.0777. The summed E-state index contributed by atoms with van der Waals surface area (Å²) in [6.07, 6.45) is 2.05. The molecule has 1 aromatic rings. The van der Waals surface area contributed by atoms with Gasteiger partial charge in [-0.05, 0) is 43.5 Å². The molecule has 0 aromatic heterocycles. The van der Waals surface area contributed by atoms with Crippen molar-refractivity contribution in [1.29, 1.82) is 0 Å². The molecule has 3 saturated heterocycles. The first-order valence-electron chi connectivity index (χ1n) is 10.0. The fourth-order valence-electron chi connectivity index (χ4n) is 4.52. The van der Waals surface area contributed by atoms with Crippen molar-refractivity contribution >= 4 is 23.5 Å². The molecule has 28 heavy (non-hydrogen) atoms. The van der Waals surface area contributed by atoms with Crippen LogP contribution in [0.4, 0.5) is 0 Å². The van der Waals surface area contributed by atoms with Crippen LogP contribution in [-0.2, 0) is 14.3 Å². The van der Waals surface area contributed by atoms with Crippen LogP contribution in [0.1, 0.15) is 35.2 Å². The van der Waals surface area contributed by atoms with E-state index >= 15 is 0 Å². The maximum atomic E-state index is 12.8. The summed E-state index contributed by atoms with van der Waals surface area (Å²) in [6.45, 7) is 7.12. The average molecular weight is 407 g/mol. The van der Waals surface area contributed by atoms with E-state index in [2.05, 4.69) is 4.90 Å². The largest absolute Gasteiger partial charge is 0.461 e. The minimum Gasteiger partial charge on any atom is -0.461 e. The molecule has 3 fully saturated rings. The number of benzene rings is 1. The highest BCUT2D eigenvalue weighted by Crippen LogP contribution is 2.43. The Balaban J connectivity index is 1.35. The molecule has 3 aliphatic rings. The molecule has 1 unspecified atom stereocenters. The topological polar surface area (TPSA) is 59.1 Å². The van der Waals surface area contributed by atoms with E-state index in [0.717, 1.165) is 44.8 Å². The highest BCUT2D eigenvalue weighted by atomic mass is 35.5. The maximum absolute atomic E-state index is 12.8. The molecule has 0 bridgehead atoms. The lowest BCUT2D eigenvalue weighted by molar-refractivity contribution is -0.151. The fraction of sp³-hybridized carbons (Fsp3) is 0.619. The standard InChI is InChI=1S/C21H27ClN2O4/c1-15-12-16(2-3-18(15)22)19(25)24-6-4-21(5-7-24)13-17(28-20(21)26)14-23-8-10-27-11-9-23/h2-3,12,17H,4-11,13-14H2,1H3. The number of aryl methyl sites for hydroxylation is 1. The van der Waals surface area contributed by atoms with Crippen molar-refractivity contribution in [1.82, 2.24) is 9.80 Å². The monoisotopic (exact) mass is 406 g/mol. The van der Waals surface area contributed by atoms with Crippen molar-refractivity contribution in [3.05, 3.63) is 34.3 Å². The number of likely N-dealkylation sites (tertiary alicyclic amines) is 1. The summed E-state index contributed by atoms with van der Waals surface area (Å²) in [6, 6.07) is 5.36. The maximum Gasteiger partial charge on any atom is 0.312 e. The normalized spacial score (nSPS) is 25.1. The van der Waals surface area contributed by atoms with Crippen LogP contribution in [0.5, 0.6) is 0 Å². The fourth-order valence-corrected chi connectivity index (χ4v) is 4.63. The number of esters is 1. The second-order valence-corrected chi connectivity index (χ2v) is 8.59. The molecule has 3 heterocycles. The molecule has 152 valence electrons. The lowest BCUT2D eigenvalue weighted by Gasteiger charge is -2.36. The van der Waals surface area contributed by atoms with Gasteiger partial charge in [-0.25, -0.2) is 0 Å². The van der Waals surface area contributed by atoms with Gasteiger partial charge in [0.2, 0.25) is 0 Å². The van der Waals surface area contributed by atoms with Gasteiger partial charge in [0.15, 0.2) is 0 Å². The SMILES string of the molecule is Cc1cc(C(=O)N2CCC3(CC2)CC(CN2CCOCC2)OC3=O)ccc1Cl. The third-order valence-electron chi connectivity index (χ3n) is 6.30. The summed E-state index contributed by atoms with van der Waals surface area (Å²) in [5, 5.41) is 0.661. The Kier molecular flexibility index (Phi) is 5.63. The van der Waals surface area contributed by atoms with Gasteiger partial charge in [0.25, 0.3) is 5.91 Å². The van der Waals surface area contributed by atoms with Crippen LogP contribution < -0.4 is 0 Å². The molecule has 1 spiro atoms. The number of carbonyl (C=O) groups excluding carboxylic acids is 2. The van der Waals surface area contributed by atoms with E-state index in [1.165, 1.54) is 0 Å². The van der Waals surface area contributed by atoms with Gasteiger partial charge in [0.05, 0.1) is 18.6 Å². The number of hydrogen-bond donors (Lipinski definition) is 0. The molecule has 0 radical (unpaired) electrons. The molecule has 1 aromatic carbocycles. The number of ether oxygens (including phenoxy) is 2. The van der Waals surface area contributed by atoms with Crippen molar-refractivity contribution < 1.29 is 19.1 Å². The van der Waals surface area contributed by atoms with E-state index in [-0.39, 0.29) is 18.0 Å². The number of cyclic esters (lactones) is 1. The van der Waals surface area contributed by atoms with Gasteiger partial charge >= 0.3 is 5.97 Å². The first-order valence-corrected chi connectivity index (χ1v) is 10.4. The zero-order chi connectivity index (χ0) is 19.7. The van der Waals surface area contributed by atoms with E-state index in [0.29, 0.717) is 36.5 Å². The van der Waals surface area contributed by atoms with Crippen LogP contribution in [0.2, 0.25) is 5.02 Å². The molecular weight excluding hydrogens is 380 g/mol. The lowest BCUT2D eigenvalue weighted by Crippen LogP contribution is -2.45. The van der Waals surface area contributed by atoms with E-state index < -0.39 is 5.41 Å². The Morgan fingerprint density at radius 1 is 1.21 bits per heavy atom. The van der Waals surface area contributed by atoms with Crippen LogP contribution in [0, 0.1) is 12.3 Å². The van der Waals surface area contributed by atoms with Crippen LogP contribution in [0.25, 0.3) is 0 Å². The molecule has 3 aliphatic heterocycles. The van der Waals surface area contributed by atoms with Crippen LogP contribution in [-0.4, -0.2) is 73.7 Å². The number of halogens is 1. The first kappa shape index (κ1) is 19.7. The van der Waals surface area contributed by atoms with Crippen molar-refractivity contribution in [2.45, 2.75) is 32.3 Å². The Hall–Kier alpha value is -1.63. The number of rotatable bonds is 3. The quantitative estimate of drug-likeness (QED) is 0.722. The molecule has 1 atom stereocenters. The predicted octanol–water partition coefficient (Wildman–Crippen LogP) is 2.52. The molecule has 0 aliphatic carbocycles. The number of piperidine rings is 1. The molecule has 0 N–H and O–H groups in total. The van der Waals surface area contributed by atoms with Crippen molar-refractivity contribution in [3.63, 3.8) is 0 Å². The Labute approximate surface area is 170 Å². The average Bonchev–Trinajstić information content (AvgIpc) is 2.99.